The molecule has 1 heterocycles. The average molecular weight is 307 g/mol. The highest BCUT2D eigenvalue weighted by Gasteiger charge is 2.09. The van der Waals surface area contributed by atoms with E-state index in [1.807, 2.05) is 61.5 Å². The summed E-state index contributed by atoms with van der Waals surface area (Å²) in [6.45, 7) is 4.07. The number of nitrogens with zero attached hydrogens (tertiary/aromatic N) is 1. The van der Waals surface area contributed by atoms with Gasteiger partial charge in [-0.3, -0.25) is 0 Å². The van der Waals surface area contributed by atoms with E-state index in [0.29, 0.717) is 13.2 Å². The fourth-order valence-corrected chi connectivity index (χ4v) is 2.47. The molecule has 0 unspecified atom stereocenters. The molecule has 0 bridgehead atoms. The Labute approximate surface area is 136 Å². The number of fused-ring (bicyclic) bond motifs is 1. The molecule has 0 aromatic heterocycles. The molecule has 2 N–H and O–H groups in total. The maximum atomic E-state index is 5.85. The largest absolute Gasteiger partial charge is 0.491 e. The summed E-state index contributed by atoms with van der Waals surface area (Å²) in [4.78, 5) is 4.56. The van der Waals surface area contributed by atoms with Gasteiger partial charge in [0.25, 0.3) is 0 Å². The highest BCUT2D eigenvalue weighted by Crippen LogP contribution is 2.21. The van der Waals surface area contributed by atoms with Crippen LogP contribution in [0, 0.1) is 0 Å². The molecule has 4 heteroatoms. The molecule has 0 saturated carbocycles. The van der Waals surface area contributed by atoms with Crippen LogP contribution in [0.15, 0.2) is 59.6 Å². The molecule has 0 saturated heterocycles. The van der Waals surface area contributed by atoms with Gasteiger partial charge in [-0.25, -0.2) is 4.99 Å². The summed E-state index contributed by atoms with van der Waals surface area (Å²) in [6.07, 6.45) is 4.06. The molecule has 4 nitrogen and oxygen atoms in total. The second kappa shape index (κ2) is 7.49. The lowest BCUT2D eigenvalue weighted by molar-refractivity contribution is 0.321. The van der Waals surface area contributed by atoms with Gasteiger partial charge in [0, 0.05) is 12.1 Å². The van der Waals surface area contributed by atoms with Crippen molar-refractivity contribution in [3.8, 4) is 5.75 Å². The number of aliphatic imine (C=N–C) groups is 1. The maximum Gasteiger partial charge on any atom is 0.196 e. The van der Waals surface area contributed by atoms with Gasteiger partial charge < -0.3 is 15.4 Å². The number of rotatable bonds is 5. The molecule has 0 fully saturated rings. The maximum absolute atomic E-state index is 5.85. The molecule has 0 aliphatic carbocycles. The van der Waals surface area contributed by atoms with Gasteiger partial charge in [0.15, 0.2) is 5.96 Å². The van der Waals surface area contributed by atoms with E-state index in [9.17, 15) is 0 Å². The lowest BCUT2D eigenvalue weighted by atomic mass is 10.1. The Kier molecular flexibility index (Phi) is 4.94. The van der Waals surface area contributed by atoms with Gasteiger partial charge in [-0.15, -0.1) is 0 Å². The summed E-state index contributed by atoms with van der Waals surface area (Å²) in [7, 11) is 0. The van der Waals surface area contributed by atoms with Crippen LogP contribution in [0.3, 0.4) is 0 Å². The van der Waals surface area contributed by atoms with Crippen molar-refractivity contribution in [1.29, 1.82) is 0 Å². The molecule has 118 valence electrons. The molecule has 2 aromatic carbocycles. The molecule has 3 rings (SSSR count). The first-order chi connectivity index (χ1) is 11.4. The normalized spacial score (nSPS) is 13.2. The minimum absolute atomic E-state index is 0.580. The van der Waals surface area contributed by atoms with Crippen molar-refractivity contribution in [2.24, 2.45) is 4.99 Å². The van der Waals surface area contributed by atoms with Crippen molar-refractivity contribution in [3.05, 3.63) is 65.7 Å². The van der Waals surface area contributed by atoms with Crippen molar-refractivity contribution < 1.29 is 4.74 Å². The van der Waals surface area contributed by atoms with Gasteiger partial charge in [-0.1, -0.05) is 48.6 Å². The van der Waals surface area contributed by atoms with Crippen LogP contribution in [0.25, 0.3) is 6.08 Å². The Morgan fingerprint density at radius 3 is 2.91 bits per heavy atom. The third-order valence-corrected chi connectivity index (χ3v) is 3.59. The minimum atomic E-state index is 0.580. The number of nitrogens with one attached hydrogen (secondary N) is 2. The zero-order chi connectivity index (χ0) is 15.9. The monoisotopic (exact) mass is 307 g/mol. The summed E-state index contributed by atoms with van der Waals surface area (Å²) in [5.41, 5.74) is 3.33. The van der Waals surface area contributed by atoms with Crippen molar-refractivity contribution in [2.45, 2.75) is 13.5 Å². The molecule has 0 spiro atoms. The highest BCUT2D eigenvalue weighted by atomic mass is 16.5. The van der Waals surface area contributed by atoms with Crippen molar-refractivity contribution in [1.82, 2.24) is 10.6 Å². The number of hydrogen-bond donors (Lipinski definition) is 2. The number of ether oxygens (including phenoxy) is 1. The van der Waals surface area contributed by atoms with Gasteiger partial charge in [-0.2, -0.15) is 0 Å². The molecular weight excluding hydrogens is 286 g/mol. The predicted octanol–water partition coefficient (Wildman–Crippen LogP) is 3.48. The van der Waals surface area contributed by atoms with Crippen LogP contribution in [-0.4, -0.2) is 19.1 Å². The Morgan fingerprint density at radius 1 is 1.17 bits per heavy atom. The lowest BCUT2D eigenvalue weighted by Crippen LogP contribution is -2.40. The molecule has 2 aromatic rings. The van der Waals surface area contributed by atoms with Gasteiger partial charge in [0.1, 0.15) is 12.4 Å². The fraction of sp³-hybridized carbons (Fsp3) is 0.211. The minimum Gasteiger partial charge on any atom is -0.491 e. The van der Waals surface area contributed by atoms with Gasteiger partial charge in [-0.05, 0) is 24.6 Å². The van der Waals surface area contributed by atoms with Crippen molar-refractivity contribution in [3.63, 3.8) is 0 Å². The van der Waals surface area contributed by atoms with E-state index < -0.39 is 0 Å². The Balaban J connectivity index is 1.52. The lowest BCUT2D eigenvalue weighted by Gasteiger charge is -2.18. The predicted molar refractivity (Wildman–Crippen MR) is 95.0 cm³/mol. The molecule has 0 amide bonds. The zero-order valence-corrected chi connectivity index (χ0v) is 13.3. The molecule has 1 aliphatic heterocycles. The van der Waals surface area contributed by atoms with Crippen LogP contribution < -0.4 is 15.4 Å². The van der Waals surface area contributed by atoms with E-state index in [1.165, 1.54) is 5.56 Å². The van der Waals surface area contributed by atoms with E-state index >= 15 is 0 Å². The summed E-state index contributed by atoms with van der Waals surface area (Å²) in [6, 6.07) is 16.2. The number of para-hydroxylation sites is 2. The molecule has 1 aliphatic rings. The van der Waals surface area contributed by atoms with E-state index in [0.717, 1.165) is 29.5 Å². The molecule has 0 atom stereocenters. The quantitative estimate of drug-likeness (QED) is 0.831. The molecule has 23 heavy (non-hydrogen) atoms. The van der Waals surface area contributed by atoms with Gasteiger partial charge >= 0.3 is 0 Å². The third kappa shape index (κ3) is 3.92. The topological polar surface area (TPSA) is 45.6 Å². The number of hydrogen-bond acceptors (Lipinski definition) is 4. The molecular formula is C19H21N3O. The summed E-state index contributed by atoms with van der Waals surface area (Å²) < 4.78 is 5.85. The SMILES string of the molecule is C/C=C\c1ccccc1OCCNC1=Nc2ccccc2CN1. The van der Waals surface area contributed by atoms with Crippen LogP contribution in [-0.2, 0) is 6.54 Å². The summed E-state index contributed by atoms with van der Waals surface area (Å²) in [5.74, 6) is 1.70. The summed E-state index contributed by atoms with van der Waals surface area (Å²) >= 11 is 0. The van der Waals surface area contributed by atoms with Gasteiger partial charge in [0.2, 0.25) is 0 Å². The Morgan fingerprint density at radius 2 is 2.00 bits per heavy atom. The average Bonchev–Trinajstić information content (AvgIpc) is 2.60. The first kappa shape index (κ1) is 15.2. The number of benzene rings is 2. The van der Waals surface area contributed by atoms with E-state index in [4.69, 9.17) is 4.74 Å². The van der Waals surface area contributed by atoms with Crippen LogP contribution in [0.1, 0.15) is 18.1 Å². The van der Waals surface area contributed by atoms with Crippen LogP contribution in [0.4, 0.5) is 5.69 Å². The van der Waals surface area contributed by atoms with Crippen molar-refractivity contribution >= 4 is 17.7 Å². The number of allylic oxidation sites excluding steroid dienone is 1. The standard InChI is InChI=1S/C19H21N3O/c1-2-7-15-8-4-6-11-18(15)23-13-12-20-19-21-14-16-9-3-5-10-17(16)22-19/h2-11H,12-14H2,1H3,(H2,20,21,22)/b7-2-. The second-order valence-corrected chi connectivity index (χ2v) is 5.26. The Hall–Kier alpha value is -2.75. The first-order valence-electron chi connectivity index (χ1n) is 7.85. The first-order valence-corrected chi connectivity index (χ1v) is 7.85. The fourth-order valence-electron chi connectivity index (χ4n) is 2.47. The van der Waals surface area contributed by atoms with Crippen LogP contribution >= 0.6 is 0 Å². The van der Waals surface area contributed by atoms with E-state index in [1.54, 1.807) is 0 Å². The van der Waals surface area contributed by atoms with E-state index in [2.05, 4.69) is 21.7 Å². The zero-order valence-electron chi connectivity index (χ0n) is 13.3. The van der Waals surface area contributed by atoms with Crippen molar-refractivity contribution in [2.75, 3.05) is 13.2 Å². The highest BCUT2D eigenvalue weighted by molar-refractivity contribution is 5.84. The summed E-state index contributed by atoms with van der Waals surface area (Å²) in [5, 5.41) is 6.56. The van der Waals surface area contributed by atoms with E-state index in [-0.39, 0.29) is 0 Å². The van der Waals surface area contributed by atoms with Gasteiger partial charge in [0.05, 0.1) is 12.2 Å². The number of guanidine groups is 1. The van der Waals surface area contributed by atoms with Crippen LogP contribution in [0.5, 0.6) is 5.75 Å². The smallest absolute Gasteiger partial charge is 0.196 e. The van der Waals surface area contributed by atoms with Crippen LogP contribution in [0.2, 0.25) is 0 Å². The third-order valence-electron chi connectivity index (χ3n) is 3.59. The molecule has 0 radical (unpaired) electrons. The second-order valence-electron chi connectivity index (χ2n) is 5.26. The Bertz CT molecular complexity index is 722.